The van der Waals surface area contributed by atoms with Crippen LogP contribution in [0.15, 0.2) is 24.3 Å². The Morgan fingerprint density at radius 3 is 2.03 bits per heavy atom. The fraction of sp³-hybridized carbons (Fsp3) is 0.615. The molecule has 1 heterocycles. The molecule has 2 rings (SSSR count). The van der Waals surface area contributed by atoms with Crippen LogP contribution in [0.2, 0.25) is 0 Å². The number of primary amides is 2. The predicted octanol–water partition coefficient (Wildman–Crippen LogP) is -1.21. The molecule has 1 aromatic rings. The lowest BCUT2D eigenvalue weighted by molar-refractivity contribution is -0.143. The maximum Gasteiger partial charge on any atom is 0.245 e. The minimum Gasteiger partial charge on any atom is -0.508 e. The van der Waals surface area contributed by atoms with Crippen molar-refractivity contribution in [1.82, 2.24) is 36.4 Å². The van der Waals surface area contributed by atoms with Gasteiger partial charge < -0.3 is 53.0 Å². The van der Waals surface area contributed by atoms with Gasteiger partial charge in [-0.3, -0.25) is 43.2 Å². The summed E-state index contributed by atoms with van der Waals surface area (Å²) in [6, 6.07) is -0.0281. The van der Waals surface area contributed by atoms with E-state index in [4.69, 9.17) is 11.5 Å². The molecular formula is C39H61N9O10S. The molecule has 20 heteroatoms. The fourth-order valence-electron chi connectivity index (χ4n) is 6.29. The summed E-state index contributed by atoms with van der Waals surface area (Å²) in [5.74, 6) is -6.33. The van der Waals surface area contributed by atoms with E-state index in [1.807, 2.05) is 27.7 Å². The Bertz CT molecular complexity index is 1660. The lowest BCUT2D eigenvalue weighted by atomic mass is 10.0. The molecule has 1 aliphatic heterocycles. The number of likely N-dealkylation sites (N-methyl/N-ethyl adjacent to an activating group) is 1. The van der Waals surface area contributed by atoms with Gasteiger partial charge in [0, 0.05) is 38.2 Å². The summed E-state index contributed by atoms with van der Waals surface area (Å²) < 4.78 is 0. The maximum atomic E-state index is 14.0. The molecule has 59 heavy (non-hydrogen) atoms. The van der Waals surface area contributed by atoms with Gasteiger partial charge in [0.05, 0.1) is 18.7 Å². The second kappa shape index (κ2) is 24.5. The molecule has 0 aliphatic carbocycles. The first-order valence-electron chi connectivity index (χ1n) is 19.7. The highest BCUT2D eigenvalue weighted by molar-refractivity contribution is 8.00. The van der Waals surface area contributed by atoms with Crippen LogP contribution in [0.5, 0.6) is 5.75 Å². The van der Waals surface area contributed by atoms with Crippen LogP contribution in [0.25, 0.3) is 0 Å². The molecule has 1 aromatic carbocycles. The average molecular weight is 848 g/mol. The van der Waals surface area contributed by atoms with Gasteiger partial charge in [0.15, 0.2) is 0 Å². The summed E-state index contributed by atoms with van der Waals surface area (Å²) in [6.45, 7) is 8.79. The molecule has 1 fully saturated rings. The normalized spacial score (nSPS) is 16.1. The first-order valence-corrected chi connectivity index (χ1v) is 20.9. The molecule has 19 nitrogen and oxygen atoms in total. The van der Waals surface area contributed by atoms with Crippen LogP contribution in [0.4, 0.5) is 0 Å². The molecule has 0 radical (unpaired) electrons. The minimum absolute atomic E-state index is 0.00758. The van der Waals surface area contributed by atoms with Crippen LogP contribution in [0, 0.1) is 5.92 Å². The number of nitrogens with one attached hydrogen (secondary N) is 5. The van der Waals surface area contributed by atoms with E-state index >= 15 is 0 Å². The first-order chi connectivity index (χ1) is 27.7. The lowest BCUT2D eigenvalue weighted by Crippen LogP contribution is -2.57. The number of rotatable bonds is 24. The van der Waals surface area contributed by atoms with Crippen molar-refractivity contribution in [2.45, 2.75) is 116 Å². The van der Waals surface area contributed by atoms with Gasteiger partial charge in [-0.15, -0.1) is 11.8 Å². The van der Waals surface area contributed by atoms with E-state index in [9.17, 15) is 48.3 Å². The van der Waals surface area contributed by atoms with Gasteiger partial charge in [0.2, 0.25) is 53.2 Å². The zero-order valence-electron chi connectivity index (χ0n) is 34.7. The van der Waals surface area contributed by atoms with E-state index < -0.39 is 90.4 Å². The smallest absolute Gasteiger partial charge is 0.245 e. The van der Waals surface area contributed by atoms with Crippen molar-refractivity contribution in [2.75, 3.05) is 31.6 Å². The largest absolute Gasteiger partial charge is 0.508 e. The van der Waals surface area contributed by atoms with Crippen molar-refractivity contribution in [3.05, 3.63) is 29.8 Å². The van der Waals surface area contributed by atoms with Gasteiger partial charge in [-0.25, -0.2) is 0 Å². The molecule has 6 atom stereocenters. The van der Waals surface area contributed by atoms with Crippen LogP contribution < -0.4 is 38.1 Å². The van der Waals surface area contributed by atoms with Crippen LogP contribution in [0.1, 0.15) is 78.7 Å². The van der Waals surface area contributed by atoms with E-state index in [0.29, 0.717) is 18.5 Å². The molecule has 9 amide bonds. The lowest BCUT2D eigenvalue weighted by Gasteiger charge is -2.31. The Kier molecular flexibility index (Phi) is 20.7. The summed E-state index contributed by atoms with van der Waals surface area (Å²) in [7, 11) is 1.35. The third kappa shape index (κ3) is 17.2. The van der Waals surface area contributed by atoms with E-state index in [1.54, 1.807) is 17.0 Å². The quantitative estimate of drug-likeness (QED) is 0.0611. The monoisotopic (exact) mass is 847 g/mol. The number of aromatic hydroxyl groups is 1. The highest BCUT2D eigenvalue weighted by Crippen LogP contribution is 2.19. The molecule has 0 aromatic heterocycles. The second-order valence-corrected chi connectivity index (χ2v) is 16.2. The van der Waals surface area contributed by atoms with Gasteiger partial charge in [0.1, 0.15) is 36.0 Å². The Labute approximate surface area is 349 Å². The highest BCUT2D eigenvalue weighted by atomic mass is 32.2. The molecule has 0 spiro atoms. The third-order valence-electron chi connectivity index (χ3n) is 9.60. The molecule has 1 saturated heterocycles. The molecule has 0 saturated carbocycles. The topological polar surface area (TPSA) is 293 Å². The van der Waals surface area contributed by atoms with Crippen molar-refractivity contribution in [3.63, 3.8) is 0 Å². The summed E-state index contributed by atoms with van der Waals surface area (Å²) in [5, 5.41) is 22.7. The van der Waals surface area contributed by atoms with Crippen LogP contribution in [0.3, 0.4) is 0 Å². The number of amides is 9. The Hall–Kier alpha value is -5.40. The number of phenols is 1. The number of hydrogen-bond donors (Lipinski definition) is 8. The number of benzene rings is 1. The Morgan fingerprint density at radius 2 is 1.47 bits per heavy atom. The molecule has 3 unspecified atom stereocenters. The van der Waals surface area contributed by atoms with Crippen molar-refractivity contribution in [2.24, 2.45) is 17.4 Å². The number of carbonyl (C=O) groups is 9. The van der Waals surface area contributed by atoms with E-state index in [1.165, 1.54) is 26.1 Å². The zero-order chi connectivity index (χ0) is 44.4. The SMILES string of the molecule is CCCC(=O)N[C@@H](CC(C)C)C(=O)NC(CSCC(=O)N[C@@H](Cc1ccc(O)cc1)C(=O)N(C)C(C)C(=O)NC(CC(N)=O)C(=O)N1CCC[C@H]1C)C(=O)NCC(N)=O. The summed E-state index contributed by atoms with van der Waals surface area (Å²) in [4.78, 5) is 119. The second-order valence-electron chi connectivity index (χ2n) is 15.1. The summed E-state index contributed by atoms with van der Waals surface area (Å²) in [6.07, 6.45) is 2.08. The van der Waals surface area contributed by atoms with Crippen LogP contribution >= 0.6 is 11.8 Å². The van der Waals surface area contributed by atoms with Gasteiger partial charge >= 0.3 is 0 Å². The highest BCUT2D eigenvalue weighted by Gasteiger charge is 2.36. The summed E-state index contributed by atoms with van der Waals surface area (Å²) >= 11 is 0.941. The molecule has 10 N–H and O–H groups in total. The number of likely N-dealkylation sites (tertiary alicyclic amines) is 1. The summed E-state index contributed by atoms with van der Waals surface area (Å²) in [5.41, 5.74) is 11.2. The number of thioether (sulfide) groups is 1. The first kappa shape index (κ1) is 49.7. The third-order valence-corrected chi connectivity index (χ3v) is 10.6. The van der Waals surface area contributed by atoms with Crippen molar-refractivity contribution in [1.29, 1.82) is 0 Å². The zero-order valence-corrected chi connectivity index (χ0v) is 35.5. The van der Waals surface area contributed by atoms with Gasteiger partial charge in [0.25, 0.3) is 0 Å². The molecule has 0 bridgehead atoms. The number of phenolic OH excluding ortho intramolecular Hbond substituents is 1. The number of nitrogens with two attached hydrogens (primary N) is 2. The molecule has 1 aliphatic rings. The van der Waals surface area contributed by atoms with Gasteiger partial charge in [-0.1, -0.05) is 32.9 Å². The number of carbonyl (C=O) groups excluding carboxylic acids is 9. The Morgan fingerprint density at radius 1 is 0.847 bits per heavy atom. The van der Waals surface area contributed by atoms with Gasteiger partial charge in [-0.05, 0) is 63.1 Å². The van der Waals surface area contributed by atoms with E-state index in [2.05, 4.69) is 26.6 Å². The predicted molar refractivity (Wildman–Crippen MR) is 220 cm³/mol. The number of hydrogen-bond acceptors (Lipinski definition) is 11. The van der Waals surface area contributed by atoms with Crippen LogP contribution in [-0.4, -0.2) is 136 Å². The fourth-order valence-corrected chi connectivity index (χ4v) is 7.15. The standard InChI is InChI=1S/C39H61N9O10S/c1-7-9-33(52)43-27(16-22(2)3)37(56)46-30(36(55)42-19-32(41)51)20-59-21-34(53)44-28(17-25-11-13-26(49)14-12-25)38(57)47(6)24(5)35(54)45-29(18-31(40)50)39(58)48-15-8-10-23(48)4/h11-14,22-24,27-30,49H,7-10,15-21H2,1-6H3,(H2,40,50)(H2,41,51)(H,42,55)(H,43,52)(H,44,53)(H,45,54)(H,46,56)/t23-,24?,27+,28+,29?,30?/m1/s1. The number of nitrogens with zero attached hydrogens (tertiary/aromatic N) is 2. The van der Waals surface area contributed by atoms with Crippen molar-refractivity contribution >= 4 is 64.9 Å². The Balaban J connectivity index is 2.23. The van der Waals surface area contributed by atoms with Crippen molar-refractivity contribution in [3.8, 4) is 5.75 Å². The van der Waals surface area contributed by atoms with E-state index in [0.717, 1.165) is 29.5 Å². The minimum atomic E-state index is -1.25. The van der Waals surface area contributed by atoms with Crippen molar-refractivity contribution < 1.29 is 48.3 Å². The average Bonchev–Trinajstić information content (AvgIpc) is 3.60. The molecule has 328 valence electrons. The maximum absolute atomic E-state index is 14.0. The van der Waals surface area contributed by atoms with Gasteiger partial charge in [-0.2, -0.15) is 0 Å². The van der Waals surface area contributed by atoms with E-state index in [-0.39, 0.29) is 54.4 Å². The molecular weight excluding hydrogens is 787 g/mol. The van der Waals surface area contributed by atoms with Crippen LogP contribution in [-0.2, 0) is 49.6 Å².